The third-order valence-electron chi connectivity index (χ3n) is 6.31. The van der Waals surface area contributed by atoms with Gasteiger partial charge in [-0.25, -0.2) is 21.9 Å². The molecular weight excluding hydrogens is 406 g/mol. The maximum absolute atomic E-state index is 13.7. The summed E-state index contributed by atoms with van der Waals surface area (Å²) in [7, 11) is -3.30. The first-order chi connectivity index (χ1) is 14.3. The van der Waals surface area contributed by atoms with Gasteiger partial charge in [-0.15, -0.1) is 0 Å². The van der Waals surface area contributed by atoms with Crippen LogP contribution in [-0.4, -0.2) is 44.7 Å². The molecule has 1 N–H and O–H groups in total. The molecule has 0 bridgehead atoms. The smallest absolute Gasteiger partial charge is 0.209 e. The van der Waals surface area contributed by atoms with Crippen LogP contribution in [0.3, 0.4) is 0 Å². The Labute approximate surface area is 177 Å². The molecule has 0 amide bonds. The third-order valence-corrected chi connectivity index (χ3v) is 7.04. The largest absolute Gasteiger partial charge is 0.298 e. The highest BCUT2D eigenvalue weighted by atomic mass is 32.2. The van der Waals surface area contributed by atoms with Crippen molar-refractivity contribution in [2.75, 3.05) is 19.3 Å². The van der Waals surface area contributed by atoms with Gasteiger partial charge in [0.1, 0.15) is 11.6 Å². The van der Waals surface area contributed by atoms with Crippen LogP contribution in [0, 0.1) is 17.6 Å². The quantitative estimate of drug-likeness (QED) is 0.718. The number of rotatable bonds is 7. The Kier molecular flexibility index (Phi) is 6.23. The molecule has 1 heterocycles. The van der Waals surface area contributed by atoms with Gasteiger partial charge in [0, 0.05) is 31.2 Å². The van der Waals surface area contributed by atoms with Gasteiger partial charge in [0.05, 0.1) is 6.26 Å². The fourth-order valence-corrected chi connectivity index (χ4v) is 5.50. The lowest BCUT2D eigenvalue weighted by Crippen LogP contribution is -2.47. The van der Waals surface area contributed by atoms with E-state index in [0.29, 0.717) is 17.9 Å². The van der Waals surface area contributed by atoms with Crippen LogP contribution in [0.15, 0.2) is 42.5 Å². The molecule has 1 aliphatic carbocycles. The normalized spacial score (nSPS) is 22.9. The Morgan fingerprint density at radius 3 is 2.40 bits per heavy atom. The summed E-state index contributed by atoms with van der Waals surface area (Å²) < 4.78 is 53.9. The van der Waals surface area contributed by atoms with Crippen molar-refractivity contribution in [3.05, 3.63) is 59.7 Å². The van der Waals surface area contributed by atoms with Crippen molar-refractivity contribution in [1.82, 2.24) is 9.62 Å². The Morgan fingerprint density at radius 1 is 1.03 bits per heavy atom. The molecule has 0 unspecified atom stereocenters. The predicted octanol–water partition coefficient (Wildman–Crippen LogP) is 3.97. The minimum Gasteiger partial charge on any atom is -0.298 e. The molecule has 2 fully saturated rings. The van der Waals surface area contributed by atoms with E-state index in [0.717, 1.165) is 36.7 Å². The van der Waals surface area contributed by atoms with E-state index in [1.165, 1.54) is 37.7 Å². The van der Waals surface area contributed by atoms with Crippen molar-refractivity contribution in [2.24, 2.45) is 5.92 Å². The summed E-state index contributed by atoms with van der Waals surface area (Å²) in [4.78, 5) is 2.42. The molecular formula is C23H28F2N2O2S. The van der Waals surface area contributed by atoms with Crippen LogP contribution in [0.2, 0.25) is 0 Å². The second-order valence-electron chi connectivity index (χ2n) is 8.71. The topological polar surface area (TPSA) is 49.4 Å². The van der Waals surface area contributed by atoms with E-state index >= 15 is 0 Å². The number of likely N-dealkylation sites (tertiary alicyclic amines) is 1. The van der Waals surface area contributed by atoms with E-state index in [4.69, 9.17) is 0 Å². The second kappa shape index (κ2) is 8.73. The molecule has 0 spiro atoms. The van der Waals surface area contributed by atoms with E-state index in [2.05, 4.69) is 9.62 Å². The van der Waals surface area contributed by atoms with Crippen LogP contribution < -0.4 is 4.72 Å². The molecule has 0 aromatic heterocycles. The van der Waals surface area contributed by atoms with E-state index < -0.39 is 21.7 Å². The van der Waals surface area contributed by atoms with Gasteiger partial charge in [-0.2, -0.15) is 0 Å². The highest BCUT2D eigenvalue weighted by Crippen LogP contribution is 2.32. The number of hydrogen-bond donors (Lipinski definition) is 1. The zero-order chi connectivity index (χ0) is 21.3. The summed E-state index contributed by atoms with van der Waals surface area (Å²) >= 11 is 0. The molecule has 7 heteroatoms. The van der Waals surface area contributed by atoms with E-state index in [1.54, 1.807) is 0 Å². The van der Waals surface area contributed by atoms with Crippen LogP contribution in [-0.2, 0) is 16.4 Å². The Balaban J connectivity index is 1.57. The van der Waals surface area contributed by atoms with E-state index in [9.17, 15) is 17.2 Å². The molecule has 2 atom stereocenters. The van der Waals surface area contributed by atoms with Gasteiger partial charge < -0.3 is 0 Å². The standard InChI is InChI=1S/C23H28F2N2O2S/c1-30(28,29)26-22-8-9-27(15-16-4-2-5-16)23(22)11-17-6-3-7-18(10-17)19-12-20(24)14-21(25)13-19/h3,6-7,10,12-14,16,22-23,26H,2,4-5,8-9,11,15H2,1H3/t22-,23-/m0/s1. The van der Waals surface area contributed by atoms with Crippen LogP contribution in [0.5, 0.6) is 0 Å². The number of benzene rings is 2. The molecule has 162 valence electrons. The molecule has 2 aliphatic rings. The summed E-state index contributed by atoms with van der Waals surface area (Å²) in [5, 5.41) is 0. The molecule has 1 saturated carbocycles. The minimum atomic E-state index is -3.30. The average Bonchev–Trinajstić information content (AvgIpc) is 2.97. The van der Waals surface area contributed by atoms with Gasteiger partial charge in [0.2, 0.25) is 10.0 Å². The van der Waals surface area contributed by atoms with Crippen molar-refractivity contribution < 1.29 is 17.2 Å². The maximum atomic E-state index is 13.7. The highest BCUT2D eigenvalue weighted by Gasteiger charge is 2.37. The number of nitrogens with one attached hydrogen (secondary N) is 1. The minimum absolute atomic E-state index is 0.0693. The molecule has 2 aromatic carbocycles. The Hall–Kier alpha value is -1.83. The summed E-state index contributed by atoms with van der Waals surface area (Å²) in [5.41, 5.74) is 2.28. The fourth-order valence-electron chi connectivity index (χ4n) is 4.67. The average molecular weight is 435 g/mol. The predicted molar refractivity (Wildman–Crippen MR) is 115 cm³/mol. The van der Waals surface area contributed by atoms with E-state index in [1.807, 2.05) is 24.3 Å². The van der Waals surface area contributed by atoms with Crippen molar-refractivity contribution in [3.63, 3.8) is 0 Å². The first kappa shape index (κ1) is 21.4. The van der Waals surface area contributed by atoms with Crippen LogP contribution in [0.1, 0.15) is 31.2 Å². The first-order valence-corrected chi connectivity index (χ1v) is 12.4. The number of halogens is 2. The molecule has 4 rings (SSSR count). The third kappa shape index (κ3) is 5.25. The maximum Gasteiger partial charge on any atom is 0.209 e. The molecule has 2 aromatic rings. The lowest BCUT2D eigenvalue weighted by atomic mass is 9.85. The van der Waals surface area contributed by atoms with Crippen molar-refractivity contribution in [3.8, 4) is 11.1 Å². The molecule has 1 aliphatic heterocycles. The highest BCUT2D eigenvalue weighted by molar-refractivity contribution is 7.88. The van der Waals surface area contributed by atoms with Gasteiger partial charge in [-0.1, -0.05) is 30.7 Å². The molecule has 0 radical (unpaired) electrons. The van der Waals surface area contributed by atoms with Crippen molar-refractivity contribution >= 4 is 10.0 Å². The lowest BCUT2D eigenvalue weighted by molar-refractivity contribution is 0.160. The van der Waals surface area contributed by atoms with Gasteiger partial charge in [0.25, 0.3) is 0 Å². The van der Waals surface area contributed by atoms with Gasteiger partial charge in [-0.05, 0) is 60.4 Å². The zero-order valence-electron chi connectivity index (χ0n) is 17.2. The molecule has 4 nitrogen and oxygen atoms in total. The lowest BCUT2D eigenvalue weighted by Gasteiger charge is -2.35. The first-order valence-electron chi connectivity index (χ1n) is 10.5. The van der Waals surface area contributed by atoms with Crippen LogP contribution in [0.4, 0.5) is 8.78 Å². The van der Waals surface area contributed by atoms with Gasteiger partial charge in [0.15, 0.2) is 0 Å². The second-order valence-corrected chi connectivity index (χ2v) is 10.5. The van der Waals surface area contributed by atoms with Gasteiger partial charge >= 0.3 is 0 Å². The Morgan fingerprint density at radius 2 is 1.77 bits per heavy atom. The van der Waals surface area contributed by atoms with Crippen LogP contribution >= 0.6 is 0 Å². The summed E-state index contributed by atoms with van der Waals surface area (Å²) in [6.07, 6.45) is 6.45. The molecule has 30 heavy (non-hydrogen) atoms. The van der Waals surface area contributed by atoms with Crippen molar-refractivity contribution in [2.45, 2.75) is 44.2 Å². The fraction of sp³-hybridized carbons (Fsp3) is 0.478. The summed E-state index contributed by atoms with van der Waals surface area (Å²) in [6.45, 7) is 1.88. The molecule has 1 saturated heterocycles. The van der Waals surface area contributed by atoms with E-state index in [-0.39, 0.29) is 12.1 Å². The number of hydrogen-bond acceptors (Lipinski definition) is 3. The van der Waals surface area contributed by atoms with Gasteiger partial charge in [-0.3, -0.25) is 4.90 Å². The van der Waals surface area contributed by atoms with Crippen molar-refractivity contribution in [1.29, 1.82) is 0 Å². The summed E-state index contributed by atoms with van der Waals surface area (Å²) in [5.74, 6) is -0.503. The number of sulfonamides is 1. The zero-order valence-corrected chi connectivity index (χ0v) is 18.0. The Bertz CT molecular complexity index is 988. The van der Waals surface area contributed by atoms with Crippen LogP contribution in [0.25, 0.3) is 11.1 Å². The SMILES string of the molecule is CS(=O)(=O)N[C@H]1CCN(CC2CCC2)[C@H]1Cc1cccc(-c2cc(F)cc(F)c2)c1. The summed E-state index contributed by atoms with van der Waals surface area (Å²) in [6, 6.07) is 11.1. The monoisotopic (exact) mass is 434 g/mol. The number of nitrogens with zero attached hydrogens (tertiary/aromatic N) is 1.